The summed E-state index contributed by atoms with van der Waals surface area (Å²) in [7, 11) is 0. The maximum absolute atomic E-state index is 11.5. The Morgan fingerprint density at radius 2 is 1.09 bits per heavy atom. The molecule has 4 saturated heterocycles. The van der Waals surface area contributed by atoms with Crippen LogP contribution in [0.2, 0.25) is 0 Å². The number of ether oxygens (including phenoxy) is 8. The van der Waals surface area contributed by atoms with Gasteiger partial charge in [-0.3, -0.25) is 0 Å². The van der Waals surface area contributed by atoms with Crippen molar-refractivity contribution in [3.05, 3.63) is 36.0 Å². The minimum absolute atomic E-state index is 0.403. The first kappa shape index (κ1) is 48.2. The average Bonchev–Trinajstić information content (AvgIpc) is 3.16. The zero-order valence-electron chi connectivity index (χ0n) is 33.8. The van der Waals surface area contributed by atoms with Crippen molar-refractivity contribution in [1.82, 2.24) is 0 Å². The molecule has 0 aliphatic carbocycles. The summed E-state index contributed by atoms with van der Waals surface area (Å²) in [5.41, 5.74) is 1.30. The van der Waals surface area contributed by atoms with Crippen LogP contribution in [0.1, 0.15) is 74.1 Å². The van der Waals surface area contributed by atoms with Crippen molar-refractivity contribution in [3.8, 4) is 0 Å². The number of rotatable bonds is 16. The van der Waals surface area contributed by atoms with E-state index in [0.29, 0.717) is 12.8 Å². The Morgan fingerprint density at radius 3 is 1.67 bits per heavy atom. The molecule has 0 unspecified atom stereocenters. The van der Waals surface area contributed by atoms with Crippen LogP contribution in [0, 0.1) is 0 Å². The van der Waals surface area contributed by atoms with Crippen LogP contribution >= 0.6 is 0 Å². The Kier molecular flexibility index (Phi) is 17.6. The van der Waals surface area contributed by atoms with Crippen LogP contribution in [0.5, 0.6) is 0 Å². The van der Waals surface area contributed by atoms with Crippen molar-refractivity contribution in [1.29, 1.82) is 0 Å². The first-order valence-corrected chi connectivity index (χ1v) is 19.6. The first-order valence-electron chi connectivity index (χ1n) is 19.6. The second-order valence-corrected chi connectivity index (χ2v) is 16.2. The Labute approximate surface area is 333 Å². The Hall–Kier alpha value is -1.50. The summed E-state index contributed by atoms with van der Waals surface area (Å²) in [5, 5.41) is 107. The van der Waals surface area contributed by atoms with Gasteiger partial charge in [0.1, 0.15) is 79.4 Å². The molecule has 0 aromatic rings. The van der Waals surface area contributed by atoms with E-state index in [-0.39, 0.29) is 0 Å². The second-order valence-electron chi connectivity index (χ2n) is 16.2. The summed E-state index contributed by atoms with van der Waals surface area (Å²) in [6, 6.07) is 0. The van der Waals surface area contributed by atoms with Gasteiger partial charge >= 0.3 is 0 Å². The quantitative estimate of drug-likeness (QED) is 0.0817. The van der Waals surface area contributed by atoms with Crippen molar-refractivity contribution in [2.45, 2.75) is 203 Å². The topological polar surface area (TPSA) is 276 Å². The molecule has 10 N–H and O–H groups in total. The zero-order valence-corrected chi connectivity index (χ0v) is 33.8. The summed E-state index contributed by atoms with van der Waals surface area (Å²) < 4.78 is 47.0. The van der Waals surface area contributed by atoms with Gasteiger partial charge < -0.3 is 89.0 Å². The molecule has 4 aliphatic rings. The maximum Gasteiger partial charge on any atom is 0.188 e. The smallest absolute Gasteiger partial charge is 0.188 e. The van der Waals surface area contributed by atoms with Crippen LogP contribution in [0.3, 0.4) is 0 Å². The lowest BCUT2D eigenvalue weighted by Crippen LogP contribution is -2.66. The second kappa shape index (κ2) is 20.8. The van der Waals surface area contributed by atoms with Gasteiger partial charge in [-0.25, -0.2) is 0 Å². The summed E-state index contributed by atoms with van der Waals surface area (Å²) in [4.78, 5) is 0. The summed E-state index contributed by atoms with van der Waals surface area (Å²) >= 11 is 0. The number of hydrogen-bond donors (Lipinski definition) is 10. The summed E-state index contributed by atoms with van der Waals surface area (Å²) in [6.45, 7) is 15.7. The highest BCUT2D eigenvalue weighted by Gasteiger charge is 2.54. The van der Waals surface area contributed by atoms with Gasteiger partial charge in [0.2, 0.25) is 0 Å². The first-order chi connectivity index (χ1) is 26.7. The zero-order chi connectivity index (χ0) is 42.5. The highest BCUT2D eigenvalue weighted by atomic mass is 16.8. The van der Waals surface area contributed by atoms with Gasteiger partial charge in [0.25, 0.3) is 0 Å². The third-order valence-electron chi connectivity index (χ3n) is 11.1. The molecule has 0 bridgehead atoms. The average molecular weight is 823 g/mol. The van der Waals surface area contributed by atoms with Gasteiger partial charge in [0, 0.05) is 0 Å². The van der Waals surface area contributed by atoms with E-state index < -0.39 is 135 Å². The Balaban J connectivity index is 1.51. The number of aliphatic hydroxyl groups excluding tert-OH is 10. The Morgan fingerprint density at radius 1 is 0.579 bits per heavy atom. The molecule has 0 aromatic carbocycles. The van der Waals surface area contributed by atoms with Gasteiger partial charge in [-0.05, 0) is 74.1 Å². The van der Waals surface area contributed by atoms with E-state index in [2.05, 4.69) is 18.7 Å². The third-order valence-corrected chi connectivity index (χ3v) is 11.1. The largest absolute Gasteiger partial charge is 0.388 e. The predicted molar refractivity (Wildman–Crippen MR) is 199 cm³/mol. The van der Waals surface area contributed by atoms with Crippen molar-refractivity contribution in [2.75, 3.05) is 6.61 Å². The van der Waals surface area contributed by atoms with E-state index in [4.69, 9.17) is 37.9 Å². The van der Waals surface area contributed by atoms with Gasteiger partial charge in [-0.15, -0.1) is 6.58 Å². The van der Waals surface area contributed by atoms with Crippen molar-refractivity contribution < 1.29 is 89.0 Å². The molecule has 4 rings (SSSR count). The van der Waals surface area contributed by atoms with E-state index in [0.717, 1.165) is 12.8 Å². The van der Waals surface area contributed by atoms with E-state index in [1.165, 1.54) is 31.9 Å². The predicted octanol–water partition coefficient (Wildman–Crippen LogP) is -1.22. The molecule has 4 heterocycles. The highest BCUT2D eigenvalue weighted by molar-refractivity contribution is 5.05. The fourth-order valence-electron chi connectivity index (χ4n) is 7.14. The maximum atomic E-state index is 11.5. The van der Waals surface area contributed by atoms with Crippen LogP contribution in [0.25, 0.3) is 0 Å². The molecule has 18 nitrogen and oxygen atoms in total. The van der Waals surface area contributed by atoms with E-state index in [9.17, 15) is 51.1 Å². The van der Waals surface area contributed by atoms with Crippen LogP contribution in [0.4, 0.5) is 0 Å². The molecule has 57 heavy (non-hydrogen) atoms. The molecule has 0 aromatic heterocycles. The lowest BCUT2D eigenvalue weighted by atomic mass is 9.95. The SMILES string of the molecule is C=C[C@](C)(CC/C=C(/C)CCC=C(C)C)O[C@@H]1O[C@H](CO[C@@H]2O[C@@H](C)[C@H](O)[C@@H](O)[C@H]2O)[C@@H](O)[C@H](O)[C@H]1O[C@@H]1O[C@@H](C)[C@H](O[C@@H]2O[C@@H](C)[C@H](O)[C@@H](O)[C@H]2O)[C@@H](O)[C@H]1O. The van der Waals surface area contributed by atoms with Crippen LogP contribution in [-0.2, 0) is 37.9 Å². The molecule has 4 fully saturated rings. The minimum atomic E-state index is -1.84. The monoisotopic (exact) mass is 822 g/mol. The molecule has 0 amide bonds. The van der Waals surface area contributed by atoms with E-state index >= 15 is 0 Å². The van der Waals surface area contributed by atoms with Gasteiger partial charge in [-0.2, -0.15) is 0 Å². The fourth-order valence-corrected chi connectivity index (χ4v) is 7.14. The minimum Gasteiger partial charge on any atom is -0.388 e. The molecule has 330 valence electrons. The Bertz CT molecular complexity index is 1330. The molecule has 0 spiro atoms. The molecule has 0 radical (unpaired) electrons. The number of allylic oxidation sites excluding steroid dienone is 4. The number of hydrogen-bond acceptors (Lipinski definition) is 18. The third kappa shape index (κ3) is 11.9. The molecule has 4 aliphatic heterocycles. The van der Waals surface area contributed by atoms with E-state index in [1.54, 1.807) is 13.0 Å². The van der Waals surface area contributed by atoms with Gasteiger partial charge in [0.15, 0.2) is 25.2 Å². The van der Waals surface area contributed by atoms with Gasteiger partial charge in [0.05, 0.1) is 30.5 Å². The summed E-state index contributed by atoms with van der Waals surface area (Å²) in [5.74, 6) is 0. The highest BCUT2D eigenvalue weighted by Crippen LogP contribution is 2.35. The van der Waals surface area contributed by atoms with Crippen molar-refractivity contribution >= 4 is 0 Å². The van der Waals surface area contributed by atoms with Crippen LogP contribution < -0.4 is 0 Å². The molecule has 0 saturated carbocycles. The fraction of sp³-hybridized carbons (Fsp3) is 0.846. The normalized spacial score (nSPS) is 45.6. The van der Waals surface area contributed by atoms with E-state index in [1.807, 2.05) is 20.8 Å². The molecular formula is C39H66O18. The standard InChI is InChI=1S/C39H66O18/c1-9-39(8,15-11-14-18(4)13-10-12-17(2)3)57-38-34(28(45)25(42)22(54-38)16-50-35-30(47)26(43)23(40)19(5)51-35)56-37-32(49)29(46)33(21(7)53-37)55-36-31(48)27(44)24(41)20(6)52-36/h9,12,14,19-38,40-49H,1,10-11,13,15-16H2,2-8H3/b18-14-/t19-,20-,21-,22+,23-,24-,25+,26+,27+,28-,29-,30+,31+,32+,33-,34+,35+,36-,37-,38-,39+/m0/s1. The van der Waals surface area contributed by atoms with Gasteiger partial charge in [-0.1, -0.05) is 29.4 Å². The number of aliphatic hydroxyl groups is 10. The molecule has 18 heteroatoms. The lowest BCUT2D eigenvalue weighted by Gasteiger charge is -2.49. The van der Waals surface area contributed by atoms with Crippen LogP contribution in [-0.4, -0.2) is 186 Å². The molecular weight excluding hydrogens is 756 g/mol. The van der Waals surface area contributed by atoms with Crippen molar-refractivity contribution in [2.24, 2.45) is 0 Å². The lowest BCUT2D eigenvalue weighted by molar-refractivity contribution is -0.388. The van der Waals surface area contributed by atoms with Crippen molar-refractivity contribution in [3.63, 3.8) is 0 Å². The summed E-state index contributed by atoms with van der Waals surface area (Å²) in [6.07, 6.45) is -21.0. The molecule has 21 atom stereocenters. The van der Waals surface area contributed by atoms with Crippen LogP contribution in [0.15, 0.2) is 36.0 Å².